The fourth-order valence-corrected chi connectivity index (χ4v) is 7.49. The van der Waals surface area contributed by atoms with Crippen molar-refractivity contribution in [1.29, 1.82) is 0 Å². The smallest absolute Gasteiger partial charge is 0.130 e. The molecule has 4 rings (SSSR count). The van der Waals surface area contributed by atoms with Crippen molar-refractivity contribution < 1.29 is 98.3 Å². The average molecular weight is 770 g/mol. The Morgan fingerprint density at radius 1 is 0.920 bits per heavy atom. The van der Waals surface area contributed by atoms with Gasteiger partial charge >= 0.3 is 0 Å². The summed E-state index contributed by atoms with van der Waals surface area (Å²) in [5, 5.41) is 21.1. The van der Waals surface area contributed by atoms with Crippen LogP contribution in [0, 0.1) is 135 Å². The number of rotatable bonds is 0. The van der Waals surface area contributed by atoms with Gasteiger partial charge in [0.15, 0.2) is 0 Å². The number of hydrogen-bond donors (Lipinski definition) is 2. The minimum Gasteiger partial charge on any atom is -0.393 e. The molecule has 0 aromatic heterocycles. The molecule has 0 saturated heterocycles. The van der Waals surface area contributed by atoms with Gasteiger partial charge < -0.3 is 10.2 Å². The first-order valence-electron chi connectivity index (χ1n) is 9.72. The molecule has 0 bridgehead atoms. The van der Waals surface area contributed by atoms with Crippen molar-refractivity contribution in [2.45, 2.75) is 83.3 Å². The topological polar surface area (TPSA) is 40.5 Å². The van der Waals surface area contributed by atoms with Crippen LogP contribution in [0.1, 0.15) is 71.6 Å². The standard InChI is InChI=1S/C21H32O2.2Ac/c1-4-21(23)12-9-18-16-6-5-14-13-15(22)7-10-19(14,2)17(16)8-11-20(18,21)3;;/h1,14-18,22-23H,5-13H2,2-3H3;;/t14?,15?,16?,17?,18?,19-,20-,21?;;/m0../s1. The van der Waals surface area contributed by atoms with Crippen molar-refractivity contribution in [1.82, 2.24) is 0 Å². The first-order valence-corrected chi connectivity index (χ1v) is 9.72. The molecule has 2 N–H and O–H groups in total. The Bertz CT molecular complexity index is 547. The molecule has 6 unspecified atom stereocenters. The summed E-state index contributed by atoms with van der Waals surface area (Å²) >= 11 is 0. The van der Waals surface area contributed by atoms with Gasteiger partial charge in [0.05, 0.1) is 6.10 Å². The molecule has 4 saturated carbocycles. The fraction of sp³-hybridized carbons (Fsp3) is 0.905. The Morgan fingerprint density at radius 3 is 2.28 bits per heavy atom. The van der Waals surface area contributed by atoms with Crippen LogP contribution in [0.2, 0.25) is 0 Å². The Morgan fingerprint density at radius 2 is 1.60 bits per heavy atom. The second-order valence-electron chi connectivity index (χ2n) is 9.58. The van der Waals surface area contributed by atoms with E-state index in [1.807, 2.05) is 0 Å². The molecule has 0 amide bonds. The molecule has 0 aliphatic heterocycles. The molecular weight excluding hydrogens is 738 g/mol. The van der Waals surface area contributed by atoms with Crippen molar-refractivity contribution in [3.05, 3.63) is 0 Å². The zero-order valence-corrected chi connectivity index (χ0v) is 25.4. The Labute approximate surface area is 225 Å². The van der Waals surface area contributed by atoms with Crippen molar-refractivity contribution in [3.63, 3.8) is 0 Å². The van der Waals surface area contributed by atoms with Crippen LogP contribution in [0.5, 0.6) is 0 Å². The van der Waals surface area contributed by atoms with Crippen molar-refractivity contribution in [2.24, 2.45) is 34.5 Å². The molecule has 0 aromatic carbocycles. The van der Waals surface area contributed by atoms with Gasteiger partial charge in [0.25, 0.3) is 0 Å². The summed E-state index contributed by atoms with van der Waals surface area (Å²) in [6.45, 7) is 4.77. The van der Waals surface area contributed by atoms with Gasteiger partial charge in [0.1, 0.15) is 5.60 Å². The van der Waals surface area contributed by atoms with E-state index in [1.165, 1.54) is 25.7 Å². The van der Waals surface area contributed by atoms with Crippen LogP contribution in [-0.2, 0) is 0 Å². The quantitative estimate of drug-likeness (QED) is 0.369. The van der Waals surface area contributed by atoms with Crippen LogP contribution in [-0.4, -0.2) is 21.9 Å². The maximum absolute atomic E-state index is 11.0. The zero-order chi connectivity index (χ0) is 16.5. The summed E-state index contributed by atoms with van der Waals surface area (Å²) in [6.07, 6.45) is 15.6. The monoisotopic (exact) mass is 770 g/mol. The summed E-state index contributed by atoms with van der Waals surface area (Å²) in [5.41, 5.74) is -0.566. The van der Waals surface area contributed by atoms with Gasteiger partial charge in [-0.05, 0) is 86.9 Å². The van der Waals surface area contributed by atoms with E-state index in [-0.39, 0.29) is 99.6 Å². The first-order chi connectivity index (χ1) is 10.8. The van der Waals surface area contributed by atoms with Crippen LogP contribution in [0.4, 0.5) is 0 Å². The molecule has 4 aliphatic rings. The molecule has 0 aromatic rings. The Hall–Kier alpha value is 2.36. The summed E-state index contributed by atoms with van der Waals surface area (Å²) in [6, 6.07) is 0. The molecule has 4 aliphatic carbocycles. The maximum atomic E-state index is 11.0. The number of hydrogen-bond acceptors (Lipinski definition) is 2. The van der Waals surface area contributed by atoms with E-state index in [0.29, 0.717) is 17.3 Å². The van der Waals surface area contributed by atoms with E-state index >= 15 is 0 Å². The molecule has 134 valence electrons. The zero-order valence-electron chi connectivity index (χ0n) is 15.9. The summed E-state index contributed by atoms with van der Waals surface area (Å²) < 4.78 is 0. The number of fused-ring (bicyclic) bond motifs is 5. The third kappa shape index (κ3) is 3.45. The van der Waals surface area contributed by atoms with Crippen LogP contribution in [0.25, 0.3) is 0 Å². The maximum Gasteiger partial charge on any atom is 0.130 e. The first kappa shape index (κ1) is 23.6. The van der Waals surface area contributed by atoms with Crippen LogP contribution in [0.3, 0.4) is 0 Å². The molecule has 25 heavy (non-hydrogen) atoms. The van der Waals surface area contributed by atoms with Crippen LogP contribution in [0.15, 0.2) is 0 Å². The minimum atomic E-state index is -0.886. The molecular formula is C21H32Ac2O2. The van der Waals surface area contributed by atoms with Gasteiger partial charge in [-0.25, -0.2) is 0 Å². The van der Waals surface area contributed by atoms with Crippen LogP contribution < -0.4 is 0 Å². The third-order valence-electron chi connectivity index (χ3n) is 9.03. The summed E-state index contributed by atoms with van der Waals surface area (Å²) in [5.74, 6) is 5.56. The molecule has 0 spiro atoms. The predicted octanol–water partition coefficient (Wildman–Crippen LogP) is 3.75. The molecule has 0 heterocycles. The number of aliphatic hydroxyl groups excluding tert-OH is 1. The van der Waals surface area contributed by atoms with E-state index in [2.05, 4.69) is 19.8 Å². The molecule has 4 heteroatoms. The van der Waals surface area contributed by atoms with Crippen molar-refractivity contribution in [3.8, 4) is 12.3 Å². The average Bonchev–Trinajstić information content (AvgIpc) is 2.80. The van der Waals surface area contributed by atoms with Crippen LogP contribution >= 0.6 is 0 Å². The van der Waals surface area contributed by atoms with Gasteiger partial charge in [0, 0.05) is 93.5 Å². The van der Waals surface area contributed by atoms with E-state index in [4.69, 9.17) is 6.42 Å². The molecule has 2 radical (unpaired) electrons. The van der Waals surface area contributed by atoms with Crippen molar-refractivity contribution >= 4 is 0 Å². The Balaban J connectivity index is 0.00000113. The minimum absolute atomic E-state index is 0. The Kier molecular flexibility index (Phi) is 7.79. The van der Waals surface area contributed by atoms with Gasteiger partial charge in [-0.1, -0.05) is 19.8 Å². The van der Waals surface area contributed by atoms with E-state index in [9.17, 15) is 10.2 Å². The third-order valence-corrected chi connectivity index (χ3v) is 9.03. The summed E-state index contributed by atoms with van der Waals surface area (Å²) in [7, 11) is 0. The number of terminal acetylenes is 1. The van der Waals surface area contributed by atoms with Gasteiger partial charge in [-0.2, -0.15) is 0 Å². The fourth-order valence-electron chi connectivity index (χ4n) is 7.49. The van der Waals surface area contributed by atoms with E-state index < -0.39 is 5.60 Å². The largest absolute Gasteiger partial charge is 0.393 e. The predicted molar refractivity (Wildman–Crippen MR) is 91.5 cm³/mol. The second-order valence-corrected chi connectivity index (χ2v) is 9.58. The van der Waals surface area contributed by atoms with E-state index in [1.54, 1.807) is 0 Å². The molecule has 8 atom stereocenters. The van der Waals surface area contributed by atoms with Gasteiger partial charge in [-0.15, -0.1) is 6.42 Å². The summed E-state index contributed by atoms with van der Waals surface area (Å²) in [4.78, 5) is 0. The molecule has 4 fully saturated rings. The SMILES string of the molecule is C#CC1(O)CCC2C3CCC4CC(O)CC[C@]4(C)C3CC[C@@]21C.[Ac].[Ac]. The second kappa shape index (κ2) is 8.24. The number of aliphatic hydroxyl groups is 2. The molecule has 2 nitrogen and oxygen atoms in total. The van der Waals surface area contributed by atoms with Gasteiger partial charge in [0.2, 0.25) is 0 Å². The van der Waals surface area contributed by atoms with Crippen molar-refractivity contribution in [2.75, 3.05) is 0 Å². The normalized spacial score (nSPS) is 54.0. The van der Waals surface area contributed by atoms with Gasteiger partial charge in [-0.3, -0.25) is 0 Å². The van der Waals surface area contributed by atoms with E-state index in [0.717, 1.165) is 43.9 Å².